The molecule has 3 saturated heterocycles. The molecule has 3 aliphatic rings. The van der Waals surface area contributed by atoms with Gasteiger partial charge in [0.05, 0.1) is 13.1 Å². The van der Waals surface area contributed by atoms with E-state index in [-0.39, 0.29) is 17.9 Å². The fourth-order valence-electron chi connectivity index (χ4n) is 2.41. The van der Waals surface area contributed by atoms with E-state index in [1.54, 1.807) is 4.90 Å². The lowest BCUT2D eigenvalue weighted by Crippen LogP contribution is -2.72. The smallest absolute Gasteiger partial charge is 0.260 e. The highest BCUT2D eigenvalue weighted by atomic mass is 16.2. The minimum Gasteiger partial charge on any atom is -0.315 e. The molecule has 5 heteroatoms. The molecule has 0 aromatic rings. The van der Waals surface area contributed by atoms with Gasteiger partial charge >= 0.3 is 0 Å². The predicted octanol–water partition coefficient (Wildman–Crippen LogP) is -0.602. The van der Waals surface area contributed by atoms with Crippen molar-refractivity contribution in [2.75, 3.05) is 19.8 Å². The van der Waals surface area contributed by atoms with Gasteiger partial charge in [0.25, 0.3) is 5.91 Å². The molecule has 1 unspecified atom stereocenters. The molecule has 0 aromatic heterocycles. The third-order valence-electron chi connectivity index (χ3n) is 3.30. The normalized spacial score (nSPS) is 32.4. The Hall–Kier alpha value is -1.10. The average molecular weight is 195 g/mol. The zero-order valence-electron chi connectivity index (χ0n) is 7.98. The zero-order chi connectivity index (χ0) is 9.71. The molecule has 0 aliphatic carbocycles. The largest absolute Gasteiger partial charge is 0.315 e. The number of carbonyl (C=O) groups is 2. The second kappa shape index (κ2) is 2.70. The Bertz CT molecular complexity index is 304. The molecule has 0 aromatic carbocycles. The van der Waals surface area contributed by atoms with Crippen molar-refractivity contribution >= 4 is 11.8 Å². The second-order valence-electron chi connectivity index (χ2n) is 4.12. The Labute approximate surface area is 82.2 Å². The topological polar surface area (TPSA) is 43.9 Å². The molecule has 0 N–H and O–H groups in total. The van der Waals surface area contributed by atoms with E-state index >= 15 is 0 Å². The Balaban J connectivity index is 1.83. The molecule has 3 aliphatic heterocycles. The number of nitrogens with zero attached hydrogens (tertiary/aromatic N) is 3. The minimum absolute atomic E-state index is 0.119. The van der Waals surface area contributed by atoms with Crippen LogP contribution >= 0.6 is 0 Å². The van der Waals surface area contributed by atoms with Gasteiger partial charge in [-0.15, -0.1) is 0 Å². The molecular weight excluding hydrogens is 182 g/mol. The van der Waals surface area contributed by atoms with E-state index in [1.807, 2.05) is 10.0 Å². The van der Waals surface area contributed by atoms with Crippen molar-refractivity contribution in [2.24, 2.45) is 0 Å². The highest BCUT2D eigenvalue weighted by Gasteiger charge is 2.49. The fraction of sp³-hybridized carbons (Fsp3) is 0.778. The number of fused-ring (bicyclic) bond motifs is 2. The van der Waals surface area contributed by atoms with Gasteiger partial charge in [-0.05, 0) is 12.8 Å². The molecule has 3 fully saturated rings. The second-order valence-corrected chi connectivity index (χ2v) is 4.12. The van der Waals surface area contributed by atoms with Crippen LogP contribution in [-0.2, 0) is 9.59 Å². The SMILES string of the molecule is O=C1CC2C(=O)N3CCCCN3CN12. The summed E-state index contributed by atoms with van der Waals surface area (Å²) in [7, 11) is 0. The third kappa shape index (κ3) is 0.930. The maximum atomic E-state index is 11.9. The molecule has 3 heterocycles. The number of hydrogen-bond donors (Lipinski definition) is 0. The van der Waals surface area contributed by atoms with Gasteiger partial charge in [0.1, 0.15) is 6.04 Å². The van der Waals surface area contributed by atoms with Crippen LogP contribution in [0.2, 0.25) is 0 Å². The molecule has 0 bridgehead atoms. The van der Waals surface area contributed by atoms with Crippen molar-refractivity contribution < 1.29 is 9.59 Å². The first kappa shape index (κ1) is 8.23. The lowest BCUT2D eigenvalue weighted by Gasteiger charge is -2.53. The quantitative estimate of drug-likeness (QED) is 0.485. The zero-order valence-corrected chi connectivity index (χ0v) is 7.98. The van der Waals surface area contributed by atoms with E-state index in [4.69, 9.17) is 0 Å². The van der Waals surface area contributed by atoms with Crippen LogP contribution in [0.3, 0.4) is 0 Å². The van der Waals surface area contributed by atoms with Gasteiger partial charge in [-0.2, -0.15) is 5.01 Å². The predicted molar refractivity (Wildman–Crippen MR) is 47.8 cm³/mol. The molecule has 0 saturated carbocycles. The number of hydrazine groups is 1. The first-order chi connectivity index (χ1) is 6.77. The molecule has 76 valence electrons. The van der Waals surface area contributed by atoms with Crippen LogP contribution in [0.15, 0.2) is 0 Å². The van der Waals surface area contributed by atoms with Gasteiger partial charge in [-0.25, -0.2) is 0 Å². The minimum atomic E-state index is -0.142. The Morgan fingerprint density at radius 3 is 2.71 bits per heavy atom. The molecule has 0 spiro atoms. The van der Waals surface area contributed by atoms with E-state index in [0.29, 0.717) is 13.1 Å². The number of carbonyl (C=O) groups excluding carboxylic acids is 2. The van der Waals surface area contributed by atoms with Crippen molar-refractivity contribution in [3.05, 3.63) is 0 Å². The summed E-state index contributed by atoms with van der Waals surface area (Å²) in [5, 5.41) is 3.83. The summed E-state index contributed by atoms with van der Waals surface area (Å²) >= 11 is 0. The fourth-order valence-corrected chi connectivity index (χ4v) is 2.41. The lowest BCUT2D eigenvalue weighted by atomic mass is 9.99. The van der Waals surface area contributed by atoms with Crippen LogP contribution in [0.1, 0.15) is 19.3 Å². The first-order valence-corrected chi connectivity index (χ1v) is 5.13. The summed E-state index contributed by atoms with van der Waals surface area (Å²) in [6.07, 6.45) is 2.63. The Kier molecular flexibility index (Phi) is 1.58. The van der Waals surface area contributed by atoms with Crippen LogP contribution in [-0.4, -0.2) is 52.5 Å². The molecular formula is C9H13N3O2. The van der Waals surface area contributed by atoms with Gasteiger partial charge in [0.15, 0.2) is 0 Å². The molecule has 2 amide bonds. The molecule has 0 radical (unpaired) electrons. The Morgan fingerprint density at radius 2 is 1.93 bits per heavy atom. The van der Waals surface area contributed by atoms with Gasteiger partial charge in [0, 0.05) is 13.1 Å². The monoisotopic (exact) mass is 195 g/mol. The Morgan fingerprint density at radius 1 is 1.14 bits per heavy atom. The van der Waals surface area contributed by atoms with Gasteiger partial charge in [0.2, 0.25) is 5.91 Å². The maximum Gasteiger partial charge on any atom is 0.260 e. The van der Waals surface area contributed by atoms with Gasteiger partial charge in [-0.1, -0.05) is 0 Å². The van der Waals surface area contributed by atoms with Gasteiger partial charge in [-0.3, -0.25) is 14.6 Å². The summed E-state index contributed by atoms with van der Waals surface area (Å²) in [5.41, 5.74) is 0. The number of amides is 2. The van der Waals surface area contributed by atoms with E-state index in [0.717, 1.165) is 25.9 Å². The number of hydrogen-bond acceptors (Lipinski definition) is 3. The van der Waals surface area contributed by atoms with Crippen molar-refractivity contribution in [3.63, 3.8) is 0 Å². The molecule has 3 rings (SSSR count). The summed E-state index contributed by atoms with van der Waals surface area (Å²) < 4.78 is 0. The van der Waals surface area contributed by atoms with E-state index in [1.165, 1.54) is 0 Å². The lowest BCUT2D eigenvalue weighted by molar-refractivity contribution is -0.199. The van der Waals surface area contributed by atoms with Crippen molar-refractivity contribution in [1.29, 1.82) is 0 Å². The number of β-lactam (4-membered cyclic amide) rings is 1. The molecule has 5 nitrogen and oxygen atoms in total. The highest BCUT2D eigenvalue weighted by Crippen LogP contribution is 2.28. The van der Waals surface area contributed by atoms with E-state index in [9.17, 15) is 9.59 Å². The van der Waals surface area contributed by atoms with Crippen LogP contribution < -0.4 is 0 Å². The van der Waals surface area contributed by atoms with Crippen LogP contribution in [0, 0.1) is 0 Å². The van der Waals surface area contributed by atoms with E-state index in [2.05, 4.69) is 0 Å². The van der Waals surface area contributed by atoms with Crippen molar-refractivity contribution in [1.82, 2.24) is 14.9 Å². The van der Waals surface area contributed by atoms with Gasteiger partial charge < -0.3 is 4.90 Å². The van der Waals surface area contributed by atoms with E-state index < -0.39 is 0 Å². The van der Waals surface area contributed by atoms with Crippen LogP contribution in [0.5, 0.6) is 0 Å². The third-order valence-corrected chi connectivity index (χ3v) is 3.30. The number of rotatable bonds is 0. The maximum absolute atomic E-state index is 11.9. The van der Waals surface area contributed by atoms with Crippen molar-refractivity contribution in [3.8, 4) is 0 Å². The van der Waals surface area contributed by atoms with Crippen molar-refractivity contribution in [2.45, 2.75) is 25.3 Å². The summed E-state index contributed by atoms with van der Waals surface area (Å²) in [6, 6.07) is -0.142. The molecule has 14 heavy (non-hydrogen) atoms. The summed E-state index contributed by atoms with van der Waals surface area (Å²) in [5.74, 6) is 0.240. The highest BCUT2D eigenvalue weighted by molar-refractivity contribution is 5.97. The standard InChI is InChI=1S/C9H13N3O2/c13-8-5-7-9(14)12-4-2-1-3-10(12)6-11(7)8/h7H,1-6H2. The first-order valence-electron chi connectivity index (χ1n) is 5.13. The molecule has 1 atom stereocenters. The van der Waals surface area contributed by atoms with Crippen LogP contribution in [0.25, 0.3) is 0 Å². The summed E-state index contributed by atoms with van der Waals surface area (Å²) in [4.78, 5) is 24.8. The summed E-state index contributed by atoms with van der Waals surface area (Å²) in [6.45, 7) is 2.36. The van der Waals surface area contributed by atoms with Crippen LogP contribution in [0.4, 0.5) is 0 Å². The average Bonchev–Trinajstić information content (AvgIpc) is 2.21.